The van der Waals surface area contributed by atoms with E-state index < -0.39 is 17.0 Å². The summed E-state index contributed by atoms with van der Waals surface area (Å²) < 4.78 is 6.18. The molecule has 6 heteroatoms. The second-order valence-corrected chi connectivity index (χ2v) is 33.6. The van der Waals surface area contributed by atoms with E-state index in [4.69, 9.17) is 4.31 Å². The number of rotatable bonds is 7. The number of hydrogen-bond acceptors (Lipinski definition) is 4. The summed E-state index contributed by atoms with van der Waals surface area (Å²) in [6.07, 6.45) is 0. The molecule has 1 aliphatic carbocycles. The monoisotopic (exact) mass is 1090 g/mol. The van der Waals surface area contributed by atoms with E-state index in [9.17, 15) is 14.7 Å². The van der Waals surface area contributed by atoms with Crippen LogP contribution in [-0.4, -0.2) is 14.7 Å². The lowest BCUT2D eigenvalue weighted by molar-refractivity contribution is 0.372. The van der Waals surface area contributed by atoms with Gasteiger partial charge in [-0.25, -0.2) is 0 Å². The van der Waals surface area contributed by atoms with Crippen LogP contribution >= 0.6 is 17.0 Å². The lowest BCUT2D eigenvalue weighted by Crippen LogP contribution is -2.25. The molecule has 6 aromatic carbocycles. The van der Waals surface area contributed by atoms with Gasteiger partial charge in [-0.15, -0.1) is 0 Å². The fraction of sp³-hybridized carbons (Fsp3) is 0.500. The molecule has 0 amide bonds. The van der Waals surface area contributed by atoms with Crippen molar-refractivity contribution >= 4 is 22.3 Å². The van der Waals surface area contributed by atoms with Crippen molar-refractivity contribution in [1.82, 2.24) is 0 Å². The summed E-state index contributed by atoms with van der Waals surface area (Å²) in [5, 5.41) is 0.612. The van der Waals surface area contributed by atoms with Crippen LogP contribution in [0.1, 0.15) is 233 Å². The molecule has 7 rings (SSSR count). The maximum atomic E-state index is 13.4. The number of benzene rings is 6. The topological polar surface area (TPSA) is 69.9 Å². The summed E-state index contributed by atoms with van der Waals surface area (Å²) in [5.41, 5.74) is 25.8. The van der Waals surface area contributed by atoms with Crippen LogP contribution in [0.3, 0.4) is 0 Å². The SMILES string of the molecule is Cc1cc(-c2cccc3c2-c2c-3c(-c3cc(C)c(C(C)(C)C)cc3C(C)(C)C)c(-c3cc(C)c(C(C)(C)C)cc3C(C)(C)C)c(-c3cc(C)c(C(C)(C)C)cc3C(C)(C)C)c2P(O)OP(O)O)c(C(C)(C)C)cc1C(C)(C)C. The molecule has 3 N–H and O–H groups in total. The molecular weight excluding hydrogens is 991 g/mol. The zero-order valence-corrected chi connectivity index (χ0v) is 55.3. The molecule has 0 radical (unpaired) electrons. The molecule has 0 heterocycles. The van der Waals surface area contributed by atoms with Crippen molar-refractivity contribution in [3.63, 3.8) is 0 Å². The first-order valence-electron chi connectivity index (χ1n) is 28.6. The molecule has 0 aromatic heterocycles. The largest absolute Gasteiger partial charge is 0.346 e. The average Bonchev–Trinajstić information content (AvgIpc) is 3.23. The fourth-order valence-electron chi connectivity index (χ4n) is 12.9. The Bertz CT molecular complexity index is 3350. The first kappa shape index (κ1) is 61.6. The Morgan fingerprint density at radius 3 is 0.846 bits per heavy atom. The third-order valence-corrected chi connectivity index (χ3v) is 18.5. The minimum atomic E-state index is -2.98. The molecule has 0 fully saturated rings. The van der Waals surface area contributed by atoms with Crippen LogP contribution < -0.4 is 5.30 Å². The minimum Gasteiger partial charge on any atom is -0.346 e. The predicted octanol–water partition coefficient (Wildman–Crippen LogP) is 20.8. The van der Waals surface area contributed by atoms with E-state index in [-0.39, 0.29) is 43.3 Å². The minimum absolute atomic E-state index is 0.0758. The smallest absolute Gasteiger partial charge is 0.332 e. The molecule has 0 aliphatic heterocycles. The summed E-state index contributed by atoms with van der Waals surface area (Å²) in [7, 11) is -5.66. The third-order valence-electron chi connectivity index (χ3n) is 16.4. The van der Waals surface area contributed by atoms with Crippen molar-refractivity contribution in [3.05, 3.63) is 133 Å². The van der Waals surface area contributed by atoms with Crippen molar-refractivity contribution in [2.45, 2.75) is 237 Å². The Balaban J connectivity index is 1.95. The predicted molar refractivity (Wildman–Crippen MR) is 342 cm³/mol. The van der Waals surface area contributed by atoms with E-state index in [1.165, 1.54) is 55.6 Å². The number of aryl methyl sites for hydroxylation is 4. The van der Waals surface area contributed by atoms with E-state index in [0.29, 0.717) is 5.30 Å². The Hall–Kier alpha value is -3.98. The van der Waals surface area contributed by atoms with Crippen LogP contribution in [0, 0.1) is 27.7 Å². The average molecular weight is 1090 g/mol. The van der Waals surface area contributed by atoms with Crippen molar-refractivity contribution in [2.75, 3.05) is 0 Å². The highest BCUT2D eigenvalue weighted by molar-refractivity contribution is 7.63. The number of hydrogen-bond donors (Lipinski definition) is 3. The molecule has 1 aliphatic rings. The van der Waals surface area contributed by atoms with Gasteiger partial charge in [0.1, 0.15) is 0 Å². The summed E-state index contributed by atoms with van der Waals surface area (Å²) in [5.74, 6) is 0. The molecule has 6 aromatic rings. The zero-order chi connectivity index (χ0) is 59.1. The summed E-state index contributed by atoms with van der Waals surface area (Å²) in [4.78, 5) is 35.6. The van der Waals surface area contributed by atoms with E-state index in [1.54, 1.807) is 0 Å². The Labute approximate surface area is 476 Å². The second-order valence-electron chi connectivity index (χ2n) is 31.4. The van der Waals surface area contributed by atoms with Crippen LogP contribution in [0.5, 0.6) is 0 Å². The summed E-state index contributed by atoms with van der Waals surface area (Å²) in [6.45, 7) is 64.5. The van der Waals surface area contributed by atoms with Crippen LogP contribution in [0.25, 0.3) is 66.8 Å². The van der Waals surface area contributed by atoms with Crippen LogP contribution in [0.4, 0.5) is 0 Å². The lowest BCUT2D eigenvalue weighted by Gasteiger charge is -2.40. The molecule has 78 heavy (non-hydrogen) atoms. The molecule has 0 bridgehead atoms. The second kappa shape index (κ2) is 20.2. The van der Waals surface area contributed by atoms with Crippen molar-refractivity contribution in [1.29, 1.82) is 0 Å². The van der Waals surface area contributed by atoms with Gasteiger partial charge in [0.15, 0.2) is 0 Å². The molecule has 0 spiro atoms. The van der Waals surface area contributed by atoms with Crippen molar-refractivity contribution in [3.8, 4) is 66.8 Å². The molecular formula is C72H98O4P2. The van der Waals surface area contributed by atoms with Crippen LogP contribution in [0.2, 0.25) is 0 Å². The highest BCUT2D eigenvalue weighted by Crippen LogP contribution is 2.65. The van der Waals surface area contributed by atoms with Gasteiger partial charge in [-0.2, -0.15) is 0 Å². The maximum Gasteiger partial charge on any atom is 0.332 e. The van der Waals surface area contributed by atoms with Crippen molar-refractivity contribution in [2.24, 2.45) is 0 Å². The molecule has 1 unspecified atom stereocenters. The van der Waals surface area contributed by atoms with Gasteiger partial charge in [-0.1, -0.05) is 233 Å². The van der Waals surface area contributed by atoms with Crippen LogP contribution in [-0.2, 0) is 47.6 Å². The molecule has 1 atom stereocenters. The van der Waals surface area contributed by atoms with Gasteiger partial charge in [0.2, 0.25) is 8.38 Å². The summed E-state index contributed by atoms with van der Waals surface area (Å²) >= 11 is 0. The quantitative estimate of drug-likeness (QED) is 0.139. The van der Waals surface area contributed by atoms with Crippen molar-refractivity contribution < 1.29 is 19.0 Å². The maximum absolute atomic E-state index is 13.4. The van der Waals surface area contributed by atoms with E-state index in [1.807, 2.05) is 0 Å². The first-order valence-corrected chi connectivity index (χ1v) is 30.9. The lowest BCUT2D eigenvalue weighted by atomic mass is 9.64. The van der Waals surface area contributed by atoms with Gasteiger partial charge in [-0.05, 0) is 193 Å². The standard InChI is InChI=1S/C72H98O4P2/c1-40-32-46(54(69(17,18)19)36-50(40)65(5,6)7)44-30-29-31-45-58(44)63-59(45)60(47-33-41(2)51(66(8,9)10)37-55(47)70(20,21)22)61(48-34-42(3)52(67(11,12)13)38-56(48)71(23,24)25)62(64(63)77(73)76-78(74)75)49-35-43(4)53(68(14,15)16)39-57(49)72(26,27)28/h29-39,73-75H,1-28H3. The normalized spacial score (nSPS) is 14.2. The van der Waals surface area contributed by atoms with Gasteiger partial charge in [0, 0.05) is 16.4 Å². The van der Waals surface area contributed by atoms with Gasteiger partial charge >= 0.3 is 8.60 Å². The molecule has 0 saturated heterocycles. The van der Waals surface area contributed by atoms with E-state index in [0.717, 1.165) is 77.9 Å². The van der Waals surface area contributed by atoms with Gasteiger partial charge in [0.25, 0.3) is 0 Å². The summed E-state index contributed by atoms with van der Waals surface area (Å²) in [6, 6.07) is 26.3. The van der Waals surface area contributed by atoms with Gasteiger partial charge < -0.3 is 14.7 Å². The highest BCUT2D eigenvalue weighted by Gasteiger charge is 2.44. The van der Waals surface area contributed by atoms with E-state index in [2.05, 4.69) is 261 Å². The third kappa shape index (κ3) is 11.5. The Morgan fingerprint density at radius 1 is 0.282 bits per heavy atom. The van der Waals surface area contributed by atoms with Crippen LogP contribution in [0.15, 0.2) is 66.7 Å². The molecule has 420 valence electrons. The van der Waals surface area contributed by atoms with Gasteiger partial charge in [0.05, 0.1) is 0 Å². The molecule has 4 nitrogen and oxygen atoms in total. The Kier molecular flexibility index (Phi) is 15.9. The molecule has 0 saturated carbocycles. The first-order chi connectivity index (χ1) is 35.2. The van der Waals surface area contributed by atoms with Gasteiger partial charge in [-0.3, -0.25) is 4.31 Å². The Morgan fingerprint density at radius 2 is 0.538 bits per heavy atom. The zero-order valence-electron chi connectivity index (χ0n) is 53.5. The highest BCUT2D eigenvalue weighted by atomic mass is 31.2. The number of fused-ring (bicyclic) bond motifs is 4. The van der Waals surface area contributed by atoms with E-state index >= 15 is 0 Å². The fourth-order valence-corrected chi connectivity index (χ4v) is 14.7.